The highest BCUT2D eigenvalue weighted by Gasteiger charge is 2.13. The van der Waals surface area contributed by atoms with Gasteiger partial charge in [-0.15, -0.1) is 0 Å². The minimum absolute atomic E-state index is 0.00853. The van der Waals surface area contributed by atoms with Crippen molar-refractivity contribution < 1.29 is 18.7 Å². The van der Waals surface area contributed by atoms with E-state index in [1.54, 1.807) is 6.07 Å². The van der Waals surface area contributed by atoms with Crippen LogP contribution in [0.5, 0.6) is 0 Å². The lowest BCUT2D eigenvalue weighted by Gasteiger charge is -1.97. The van der Waals surface area contributed by atoms with Crippen LogP contribution in [0.1, 0.15) is 16.1 Å². The third-order valence-electron chi connectivity index (χ3n) is 2.05. The summed E-state index contributed by atoms with van der Waals surface area (Å²) >= 11 is 0. The second-order valence-corrected chi connectivity index (χ2v) is 3.14. The summed E-state index contributed by atoms with van der Waals surface area (Å²) in [5.74, 6) is -2.30. The molecule has 0 aliphatic carbocycles. The summed E-state index contributed by atoms with van der Waals surface area (Å²) in [7, 11) is 0. The highest BCUT2D eigenvalue weighted by Crippen LogP contribution is 2.21. The predicted octanol–water partition coefficient (Wildman–Crippen LogP) is 2.05. The first-order valence-electron chi connectivity index (χ1n) is 4.51. The molecule has 5 nitrogen and oxygen atoms in total. The maximum Gasteiger partial charge on any atom is 0.373 e. The molecular formula is C11H5FN2O3. The van der Waals surface area contributed by atoms with Gasteiger partial charge in [0.1, 0.15) is 11.9 Å². The van der Waals surface area contributed by atoms with Gasteiger partial charge in [0.05, 0.1) is 11.8 Å². The summed E-state index contributed by atoms with van der Waals surface area (Å²) in [6, 6.07) is 5.45. The van der Waals surface area contributed by atoms with Crippen LogP contribution in [0, 0.1) is 17.1 Å². The van der Waals surface area contributed by atoms with Gasteiger partial charge in [-0.25, -0.2) is 14.2 Å². The molecule has 0 saturated carbocycles. The summed E-state index contributed by atoms with van der Waals surface area (Å²) < 4.78 is 18.2. The Labute approximate surface area is 94.7 Å². The second kappa shape index (κ2) is 4.06. The summed E-state index contributed by atoms with van der Waals surface area (Å²) in [6.07, 6.45) is 1.04. The van der Waals surface area contributed by atoms with Gasteiger partial charge in [0.15, 0.2) is 0 Å². The van der Waals surface area contributed by atoms with Crippen LogP contribution in [0.3, 0.4) is 0 Å². The fourth-order valence-corrected chi connectivity index (χ4v) is 1.25. The standard InChI is InChI=1S/C11H5FN2O3/c12-8-3-6(1-2-7(8)4-13)10-14-5-9(17-10)11(15)16/h1-3,5H,(H,15,16). The lowest BCUT2D eigenvalue weighted by molar-refractivity contribution is 0.0663. The van der Waals surface area contributed by atoms with Gasteiger partial charge < -0.3 is 9.52 Å². The van der Waals surface area contributed by atoms with Crippen LogP contribution >= 0.6 is 0 Å². The smallest absolute Gasteiger partial charge is 0.373 e. The van der Waals surface area contributed by atoms with E-state index in [0.29, 0.717) is 0 Å². The van der Waals surface area contributed by atoms with Crippen molar-refractivity contribution in [3.05, 3.63) is 41.5 Å². The molecule has 17 heavy (non-hydrogen) atoms. The van der Waals surface area contributed by atoms with Gasteiger partial charge in [0, 0.05) is 5.56 Å². The molecule has 0 bridgehead atoms. The molecule has 2 aromatic rings. The molecule has 1 N–H and O–H groups in total. The van der Waals surface area contributed by atoms with E-state index < -0.39 is 11.8 Å². The van der Waals surface area contributed by atoms with E-state index in [1.807, 2.05) is 0 Å². The van der Waals surface area contributed by atoms with Crippen molar-refractivity contribution in [3.63, 3.8) is 0 Å². The summed E-state index contributed by atoms with van der Waals surface area (Å²) in [5.41, 5.74) is 0.174. The molecule has 1 heterocycles. The maximum atomic E-state index is 13.3. The highest BCUT2D eigenvalue weighted by molar-refractivity contribution is 5.84. The number of hydrogen-bond acceptors (Lipinski definition) is 4. The van der Waals surface area contributed by atoms with Crippen LogP contribution in [-0.2, 0) is 0 Å². The van der Waals surface area contributed by atoms with E-state index in [1.165, 1.54) is 12.1 Å². The molecule has 1 aromatic heterocycles. The first-order chi connectivity index (χ1) is 8.11. The number of benzene rings is 1. The fraction of sp³-hybridized carbons (Fsp3) is 0. The molecule has 0 fully saturated rings. The summed E-state index contributed by atoms with van der Waals surface area (Å²) in [4.78, 5) is 14.3. The number of halogens is 1. The number of aromatic nitrogens is 1. The largest absolute Gasteiger partial charge is 0.475 e. The Kier molecular flexibility index (Phi) is 2.58. The Morgan fingerprint density at radius 1 is 1.53 bits per heavy atom. The first-order valence-corrected chi connectivity index (χ1v) is 4.51. The van der Waals surface area contributed by atoms with Crippen LogP contribution in [0.2, 0.25) is 0 Å². The number of oxazole rings is 1. The number of hydrogen-bond donors (Lipinski definition) is 1. The molecule has 0 atom stereocenters. The van der Waals surface area contributed by atoms with Crippen molar-refractivity contribution in [1.82, 2.24) is 4.98 Å². The number of nitriles is 1. The Hall–Kier alpha value is -2.68. The number of aromatic carboxylic acids is 1. The van der Waals surface area contributed by atoms with E-state index in [4.69, 9.17) is 14.8 Å². The van der Waals surface area contributed by atoms with E-state index >= 15 is 0 Å². The van der Waals surface area contributed by atoms with Crippen LogP contribution < -0.4 is 0 Å². The van der Waals surface area contributed by atoms with Crippen LogP contribution in [0.15, 0.2) is 28.8 Å². The quantitative estimate of drug-likeness (QED) is 0.856. The van der Waals surface area contributed by atoms with Crippen molar-refractivity contribution >= 4 is 5.97 Å². The monoisotopic (exact) mass is 232 g/mol. The van der Waals surface area contributed by atoms with Crippen LogP contribution in [0.4, 0.5) is 4.39 Å². The minimum atomic E-state index is -1.25. The van der Waals surface area contributed by atoms with Gasteiger partial charge in [-0.3, -0.25) is 0 Å². The zero-order valence-corrected chi connectivity index (χ0v) is 8.35. The number of carboxylic acid groups (broad SMARTS) is 1. The van der Waals surface area contributed by atoms with Gasteiger partial charge in [-0.2, -0.15) is 5.26 Å². The lowest BCUT2D eigenvalue weighted by Crippen LogP contribution is -1.91. The molecule has 0 amide bonds. The maximum absolute atomic E-state index is 13.3. The Morgan fingerprint density at radius 3 is 2.82 bits per heavy atom. The van der Waals surface area contributed by atoms with Crippen molar-refractivity contribution in [2.45, 2.75) is 0 Å². The van der Waals surface area contributed by atoms with E-state index in [-0.39, 0.29) is 22.8 Å². The van der Waals surface area contributed by atoms with E-state index in [2.05, 4.69) is 4.98 Å². The average molecular weight is 232 g/mol. The third kappa shape index (κ3) is 1.99. The molecule has 6 heteroatoms. The normalized spacial score (nSPS) is 9.88. The van der Waals surface area contributed by atoms with Crippen molar-refractivity contribution in [2.75, 3.05) is 0 Å². The molecule has 2 rings (SSSR count). The topological polar surface area (TPSA) is 87.1 Å². The fourth-order valence-electron chi connectivity index (χ4n) is 1.25. The Bertz CT molecular complexity index is 628. The molecule has 0 saturated heterocycles. The number of carbonyl (C=O) groups is 1. The molecule has 0 unspecified atom stereocenters. The number of rotatable bonds is 2. The van der Waals surface area contributed by atoms with Crippen molar-refractivity contribution in [2.24, 2.45) is 0 Å². The van der Waals surface area contributed by atoms with Gasteiger partial charge >= 0.3 is 5.97 Å². The van der Waals surface area contributed by atoms with Crippen LogP contribution in [-0.4, -0.2) is 16.1 Å². The summed E-state index contributed by atoms with van der Waals surface area (Å²) in [6.45, 7) is 0. The third-order valence-corrected chi connectivity index (χ3v) is 2.05. The van der Waals surface area contributed by atoms with E-state index in [9.17, 15) is 9.18 Å². The average Bonchev–Trinajstić information content (AvgIpc) is 2.78. The molecule has 0 aliphatic rings. The van der Waals surface area contributed by atoms with Crippen molar-refractivity contribution in [1.29, 1.82) is 5.26 Å². The summed E-state index contributed by atoms with van der Waals surface area (Å²) in [5, 5.41) is 17.2. The molecule has 84 valence electrons. The zero-order chi connectivity index (χ0) is 12.4. The molecule has 1 aromatic carbocycles. The minimum Gasteiger partial charge on any atom is -0.475 e. The van der Waals surface area contributed by atoms with Gasteiger partial charge in [0.25, 0.3) is 0 Å². The Morgan fingerprint density at radius 2 is 2.29 bits per heavy atom. The first kappa shape index (κ1) is 10.8. The zero-order valence-electron chi connectivity index (χ0n) is 8.35. The van der Waals surface area contributed by atoms with E-state index in [0.717, 1.165) is 12.3 Å². The van der Waals surface area contributed by atoms with Crippen LogP contribution in [0.25, 0.3) is 11.5 Å². The molecule has 0 aliphatic heterocycles. The Balaban J connectivity index is 2.43. The lowest BCUT2D eigenvalue weighted by atomic mass is 10.1. The number of carboxylic acids is 1. The molecule has 0 spiro atoms. The second-order valence-electron chi connectivity index (χ2n) is 3.14. The highest BCUT2D eigenvalue weighted by atomic mass is 19.1. The van der Waals surface area contributed by atoms with Gasteiger partial charge in [-0.1, -0.05) is 0 Å². The SMILES string of the molecule is N#Cc1ccc(-c2ncc(C(=O)O)o2)cc1F. The predicted molar refractivity (Wildman–Crippen MR) is 53.6 cm³/mol. The van der Waals surface area contributed by atoms with Gasteiger partial charge in [-0.05, 0) is 18.2 Å². The van der Waals surface area contributed by atoms with Gasteiger partial charge in [0.2, 0.25) is 11.7 Å². The molecule has 0 radical (unpaired) electrons. The number of nitrogens with zero attached hydrogens (tertiary/aromatic N) is 2. The van der Waals surface area contributed by atoms with Crippen molar-refractivity contribution in [3.8, 4) is 17.5 Å². The molecular weight excluding hydrogens is 227 g/mol.